The minimum absolute atomic E-state index is 0.0827. The monoisotopic (exact) mass is 486 g/mol. The number of halogens is 1. The smallest absolute Gasteiger partial charge is 0.411 e. The number of hydrogen-bond acceptors (Lipinski definition) is 6. The molecule has 162 valence electrons. The Morgan fingerprint density at radius 1 is 1.16 bits per heavy atom. The van der Waals surface area contributed by atoms with Crippen molar-refractivity contribution in [2.75, 3.05) is 13.2 Å². The van der Waals surface area contributed by atoms with Crippen LogP contribution in [0.1, 0.15) is 37.6 Å². The number of esters is 1. The number of benzene rings is 2. The number of nitrogens with zero attached hydrogens (tertiary/aromatic N) is 2. The van der Waals surface area contributed by atoms with Crippen LogP contribution in [0.4, 0.5) is 4.79 Å². The summed E-state index contributed by atoms with van der Waals surface area (Å²) in [4.78, 5) is 38.9. The Hall–Kier alpha value is -2.92. The van der Waals surface area contributed by atoms with E-state index < -0.39 is 36.2 Å². The van der Waals surface area contributed by atoms with Gasteiger partial charge in [-0.3, -0.25) is 9.69 Å². The lowest BCUT2D eigenvalue weighted by molar-refractivity contribution is -0.147. The number of Topliss-reactive ketones (excluding diaryl/α,β-unsaturated/α-hetero) is 1. The number of carbonyl (C=O) groups is 3. The molecule has 2 atom stereocenters. The van der Waals surface area contributed by atoms with Crippen LogP contribution in [0, 0.1) is 17.2 Å². The second-order valence-electron chi connectivity index (χ2n) is 8.45. The molecule has 2 aromatic carbocycles. The largest absolute Gasteiger partial charge is 0.456 e. The Balaban J connectivity index is 1.66. The SMILES string of the molecule is CC(C)(C)OC(=O)N1C[C@@H](C#N)C[C@H]1C(=O)OCC(=O)c1ccc2cc(Br)ccc2c1. The maximum Gasteiger partial charge on any atom is 0.411 e. The number of carbonyl (C=O) groups excluding carboxylic acids is 3. The van der Waals surface area contributed by atoms with Crippen LogP contribution in [0.3, 0.4) is 0 Å². The topological polar surface area (TPSA) is 96.7 Å². The lowest BCUT2D eigenvalue weighted by atomic mass is 10.0. The Bertz CT molecular complexity index is 1070. The molecule has 0 saturated carbocycles. The zero-order chi connectivity index (χ0) is 22.8. The Kier molecular flexibility index (Phi) is 6.65. The number of ketones is 1. The van der Waals surface area contributed by atoms with Gasteiger partial charge in [-0.25, -0.2) is 9.59 Å². The van der Waals surface area contributed by atoms with Gasteiger partial charge in [0.15, 0.2) is 12.4 Å². The molecule has 0 N–H and O–H groups in total. The fourth-order valence-corrected chi connectivity index (χ4v) is 3.76. The summed E-state index contributed by atoms with van der Waals surface area (Å²) in [6.07, 6.45) is -0.535. The van der Waals surface area contributed by atoms with E-state index in [1.807, 2.05) is 24.3 Å². The van der Waals surface area contributed by atoms with Crippen molar-refractivity contribution in [2.45, 2.75) is 38.8 Å². The molecule has 1 fully saturated rings. The molecule has 0 aromatic heterocycles. The Morgan fingerprint density at radius 2 is 1.84 bits per heavy atom. The van der Waals surface area contributed by atoms with E-state index in [9.17, 15) is 19.6 Å². The minimum Gasteiger partial charge on any atom is -0.456 e. The van der Waals surface area contributed by atoms with Gasteiger partial charge in [0.2, 0.25) is 0 Å². The van der Waals surface area contributed by atoms with Crippen molar-refractivity contribution in [1.82, 2.24) is 4.90 Å². The van der Waals surface area contributed by atoms with Gasteiger partial charge in [-0.2, -0.15) is 5.26 Å². The van der Waals surface area contributed by atoms with Crippen molar-refractivity contribution in [3.8, 4) is 6.07 Å². The highest BCUT2D eigenvalue weighted by atomic mass is 79.9. The third kappa shape index (κ3) is 5.61. The number of amides is 1. The molecule has 3 rings (SSSR count). The van der Waals surface area contributed by atoms with Crippen LogP contribution in [-0.2, 0) is 14.3 Å². The number of likely N-dealkylation sites (tertiary alicyclic amines) is 1. The normalized spacial score (nSPS) is 18.5. The molecule has 0 unspecified atom stereocenters. The average Bonchev–Trinajstić information content (AvgIpc) is 3.15. The second kappa shape index (κ2) is 9.06. The highest BCUT2D eigenvalue weighted by Gasteiger charge is 2.42. The predicted octanol–water partition coefficient (Wildman–Crippen LogP) is 4.48. The number of rotatable bonds is 4. The summed E-state index contributed by atoms with van der Waals surface area (Å²) in [7, 11) is 0. The van der Waals surface area contributed by atoms with Gasteiger partial charge in [0.05, 0.1) is 12.0 Å². The van der Waals surface area contributed by atoms with Gasteiger partial charge in [0, 0.05) is 16.6 Å². The number of ether oxygens (including phenoxy) is 2. The first-order valence-electron chi connectivity index (χ1n) is 9.86. The Labute approximate surface area is 189 Å². The van der Waals surface area contributed by atoms with Crippen LogP contribution in [-0.4, -0.2) is 47.5 Å². The van der Waals surface area contributed by atoms with E-state index in [0.717, 1.165) is 15.2 Å². The summed E-state index contributed by atoms with van der Waals surface area (Å²) in [5.74, 6) is -1.57. The van der Waals surface area contributed by atoms with Crippen LogP contribution in [0.25, 0.3) is 10.8 Å². The summed E-state index contributed by atoms with van der Waals surface area (Å²) < 4.78 is 11.5. The van der Waals surface area contributed by atoms with Gasteiger partial charge in [-0.05, 0) is 56.2 Å². The maximum absolute atomic E-state index is 12.6. The lowest BCUT2D eigenvalue weighted by Gasteiger charge is -2.27. The summed E-state index contributed by atoms with van der Waals surface area (Å²) in [5, 5.41) is 11.1. The van der Waals surface area contributed by atoms with Crippen molar-refractivity contribution in [3.63, 3.8) is 0 Å². The highest BCUT2D eigenvalue weighted by Crippen LogP contribution is 2.26. The van der Waals surface area contributed by atoms with Crippen molar-refractivity contribution in [3.05, 3.63) is 46.4 Å². The summed E-state index contributed by atoms with van der Waals surface area (Å²) in [6.45, 7) is 4.79. The average molecular weight is 487 g/mol. The lowest BCUT2D eigenvalue weighted by Crippen LogP contribution is -2.44. The number of fused-ring (bicyclic) bond motifs is 1. The molecule has 0 bridgehead atoms. The fraction of sp³-hybridized carbons (Fsp3) is 0.391. The molecule has 1 amide bonds. The van der Waals surface area contributed by atoms with E-state index in [1.165, 1.54) is 4.90 Å². The molecular weight excluding hydrogens is 464 g/mol. The summed E-state index contributed by atoms with van der Waals surface area (Å²) in [6, 6.07) is 12.1. The molecule has 7 nitrogen and oxygen atoms in total. The molecule has 1 aliphatic heterocycles. The minimum atomic E-state index is -0.957. The quantitative estimate of drug-likeness (QED) is 0.466. The van der Waals surface area contributed by atoms with E-state index in [-0.39, 0.29) is 18.7 Å². The Morgan fingerprint density at radius 3 is 2.52 bits per heavy atom. The van der Waals surface area contributed by atoms with Crippen LogP contribution in [0.5, 0.6) is 0 Å². The first-order chi connectivity index (χ1) is 14.6. The molecule has 0 spiro atoms. The fourth-order valence-electron chi connectivity index (χ4n) is 3.38. The van der Waals surface area contributed by atoms with Gasteiger partial charge < -0.3 is 9.47 Å². The summed E-state index contributed by atoms with van der Waals surface area (Å²) in [5.41, 5.74) is -0.314. The van der Waals surface area contributed by atoms with Crippen LogP contribution in [0.2, 0.25) is 0 Å². The molecule has 2 aromatic rings. The maximum atomic E-state index is 12.6. The molecule has 1 saturated heterocycles. The standard InChI is InChI=1S/C23H23BrN2O5/c1-23(2,3)31-22(29)26-12-14(11-25)8-19(26)21(28)30-13-20(27)17-5-4-16-10-18(24)7-6-15(16)9-17/h4-7,9-10,14,19H,8,12-13H2,1-3H3/t14-,19+/m1/s1. The molecule has 8 heteroatoms. The molecule has 1 heterocycles. The second-order valence-corrected chi connectivity index (χ2v) is 9.36. The van der Waals surface area contributed by atoms with Crippen LogP contribution < -0.4 is 0 Å². The van der Waals surface area contributed by atoms with Gasteiger partial charge in [0.25, 0.3) is 0 Å². The van der Waals surface area contributed by atoms with E-state index in [2.05, 4.69) is 22.0 Å². The summed E-state index contributed by atoms with van der Waals surface area (Å²) >= 11 is 3.41. The first kappa shape index (κ1) is 22.8. The van der Waals surface area contributed by atoms with Gasteiger partial charge in [-0.15, -0.1) is 0 Å². The zero-order valence-corrected chi connectivity index (χ0v) is 19.1. The molecule has 31 heavy (non-hydrogen) atoms. The van der Waals surface area contributed by atoms with E-state index in [1.54, 1.807) is 32.9 Å². The van der Waals surface area contributed by atoms with Crippen molar-refractivity contribution in [1.29, 1.82) is 5.26 Å². The number of nitriles is 1. The van der Waals surface area contributed by atoms with E-state index in [4.69, 9.17) is 9.47 Å². The van der Waals surface area contributed by atoms with Crippen LogP contribution in [0.15, 0.2) is 40.9 Å². The third-order valence-corrected chi connectivity index (χ3v) is 5.35. The molecule has 0 aliphatic carbocycles. The number of hydrogen-bond donors (Lipinski definition) is 0. The van der Waals surface area contributed by atoms with Crippen molar-refractivity contribution >= 4 is 44.5 Å². The van der Waals surface area contributed by atoms with Gasteiger partial charge in [-0.1, -0.05) is 34.1 Å². The van der Waals surface area contributed by atoms with E-state index in [0.29, 0.717) is 5.56 Å². The van der Waals surface area contributed by atoms with Crippen molar-refractivity contribution < 1.29 is 23.9 Å². The first-order valence-corrected chi connectivity index (χ1v) is 10.6. The van der Waals surface area contributed by atoms with Crippen LogP contribution >= 0.6 is 15.9 Å². The predicted molar refractivity (Wildman–Crippen MR) is 117 cm³/mol. The van der Waals surface area contributed by atoms with Gasteiger partial charge in [0.1, 0.15) is 11.6 Å². The highest BCUT2D eigenvalue weighted by molar-refractivity contribution is 9.10. The molecule has 0 radical (unpaired) electrons. The third-order valence-electron chi connectivity index (χ3n) is 4.85. The van der Waals surface area contributed by atoms with Gasteiger partial charge >= 0.3 is 12.1 Å². The van der Waals surface area contributed by atoms with E-state index >= 15 is 0 Å². The zero-order valence-electron chi connectivity index (χ0n) is 17.6. The molecule has 1 aliphatic rings. The molecular formula is C23H23BrN2O5. The van der Waals surface area contributed by atoms with Crippen molar-refractivity contribution in [2.24, 2.45) is 5.92 Å².